The Hall–Kier alpha value is -2.81. The van der Waals surface area contributed by atoms with Crippen LogP contribution < -0.4 is 20.1 Å². The molecule has 25 heavy (non-hydrogen) atoms. The van der Waals surface area contributed by atoms with Crippen LogP contribution in [0.5, 0.6) is 11.5 Å². The summed E-state index contributed by atoms with van der Waals surface area (Å²) in [6.07, 6.45) is -0.970. The van der Waals surface area contributed by atoms with E-state index in [1.165, 1.54) is 18.5 Å². The summed E-state index contributed by atoms with van der Waals surface area (Å²) in [5.74, 6) is 0.140. The second-order valence-corrected chi connectivity index (χ2v) is 6.10. The van der Waals surface area contributed by atoms with E-state index >= 15 is 0 Å². The minimum atomic E-state index is -0.970. The average Bonchev–Trinajstić information content (AvgIpc) is 3.20. The van der Waals surface area contributed by atoms with Crippen LogP contribution in [0.15, 0.2) is 18.2 Å². The van der Waals surface area contributed by atoms with E-state index in [2.05, 4.69) is 15.0 Å². The number of carbonyl (C=O) groups is 2. The molecule has 2 N–H and O–H groups in total. The number of aryl methyl sites for hydroxylation is 1. The molecule has 0 fully saturated rings. The third-order valence-corrected chi connectivity index (χ3v) is 4.54. The zero-order valence-corrected chi connectivity index (χ0v) is 14.7. The van der Waals surface area contributed by atoms with Crippen LogP contribution in [0.1, 0.15) is 23.0 Å². The lowest BCUT2D eigenvalue weighted by atomic mass is 10.2. The molecule has 0 radical (unpaired) electrons. The fraction of sp³-hybridized carbons (Fsp3) is 0.312. The maximum absolute atomic E-state index is 12.3. The Kier molecular flexibility index (Phi) is 4.75. The molecule has 8 nitrogen and oxygen atoms in total. The molecule has 0 saturated heterocycles. The Labute approximate surface area is 148 Å². The molecule has 0 saturated carbocycles. The first-order chi connectivity index (χ1) is 12.0. The summed E-state index contributed by atoms with van der Waals surface area (Å²) < 4.78 is 19.9. The summed E-state index contributed by atoms with van der Waals surface area (Å²) in [5.41, 5.74) is 1.43. The van der Waals surface area contributed by atoms with Gasteiger partial charge in [0.1, 0.15) is 10.6 Å². The quantitative estimate of drug-likeness (QED) is 0.787. The lowest BCUT2D eigenvalue weighted by Crippen LogP contribution is -2.30. The van der Waals surface area contributed by atoms with Crippen molar-refractivity contribution >= 4 is 34.1 Å². The van der Waals surface area contributed by atoms with Gasteiger partial charge in [-0.3, -0.25) is 4.79 Å². The Morgan fingerprint density at radius 1 is 1.32 bits per heavy atom. The van der Waals surface area contributed by atoms with E-state index in [-0.39, 0.29) is 6.79 Å². The van der Waals surface area contributed by atoms with Crippen molar-refractivity contribution in [3.05, 3.63) is 29.5 Å². The molecule has 1 aliphatic rings. The van der Waals surface area contributed by atoms with Crippen molar-refractivity contribution in [1.82, 2.24) is 4.37 Å². The summed E-state index contributed by atoms with van der Waals surface area (Å²) >= 11 is 1.17. The fourth-order valence-electron chi connectivity index (χ4n) is 2.27. The van der Waals surface area contributed by atoms with E-state index in [1.807, 2.05) is 0 Å². The van der Waals surface area contributed by atoms with Crippen LogP contribution in [0.4, 0.5) is 10.7 Å². The van der Waals surface area contributed by atoms with Crippen molar-refractivity contribution in [2.75, 3.05) is 24.5 Å². The fourth-order valence-corrected chi connectivity index (χ4v) is 3.01. The van der Waals surface area contributed by atoms with Gasteiger partial charge in [0.2, 0.25) is 6.79 Å². The van der Waals surface area contributed by atoms with Gasteiger partial charge in [-0.25, -0.2) is 4.79 Å². The van der Waals surface area contributed by atoms with Crippen LogP contribution in [0.3, 0.4) is 0 Å². The number of aromatic nitrogens is 1. The Morgan fingerprint density at radius 2 is 2.08 bits per heavy atom. The standard InChI is InChI=1S/C16H17N3O5S/c1-8-13(15(17-3)25-19-8)16(21)24-9(2)14(20)18-10-4-5-11-12(6-10)23-7-22-11/h4-6,9,17H,7H2,1-3H3,(H,18,20). The number of nitrogens with zero attached hydrogens (tertiary/aromatic N) is 1. The minimum Gasteiger partial charge on any atom is -0.454 e. The lowest BCUT2D eigenvalue weighted by Gasteiger charge is -2.14. The number of nitrogens with one attached hydrogen (secondary N) is 2. The normalized spacial score (nSPS) is 13.2. The van der Waals surface area contributed by atoms with E-state index in [0.717, 1.165) is 0 Å². The number of benzene rings is 1. The molecule has 1 amide bonds. The largest absolute Gasteiger partial charge is 0.454 e. The first-order valence-corrected chi connectivity index (χ1v) is 8.32. The maximum Gasteiger partial charge on any atom is 0.343 e. The first kappa shape index (κ1) is 17.0. The van der Waals surface area contributed by atoms with Gasteiger partial charge in [0.15, 0.2) is 17.6 Å². The van der Waals surface area contributed by atoms with Crippen molar-refractivity contribution in [2.24, 2.45) is 0 Å². The SMILES string of the molecule is CNc1snc(C)c1C(=O)OC(C)C(=O)Nc1ccc2c(c1)OCO2. The highest BCUT2D eigenvalue weighted by molar-refractivity contribution is 7.10. The molecular weight excluding hydrogens is 346 g/mol. The van der Waals surface area contributed by atoms with Gasteiger partial charge in [-0.15, -0.1) is 0 Å². The third kappa shape index (κ3) is 3.50. The molecule has 1 atom stereocenters. The molecule has 1 aliphatic heterocycles. The molecule has 0 bridgehead atoms. The van der Waals surface area contributed by atoms with Crippen molar-refractivity contribution in [3.63, 3.8) is 0 Å². The molecule has 1 aromatic carbocycles. The predicted octanol–water partition coefficient (Wildman–Crippen LogP) is 2.41. The highest BCUT2D eigenvalue weighted by Crippen LogP contribution is 2.34. The number of carbonyl (C=O) groups excluding carboxylic acids is 2. The van der Waals surface area contributed by atoms with Crippen LogP contribution >= 0.6 is 11.5 Å². The molecule has 0 aliphatic carbocycles. The number of ether oxygens (including phenoxy) is 3. The number of esters is 1. The second-order valence-electron chi connectivity index (χ2n) is 5.33. The maximum atomic E-state index is 12.3. The van der Waals surface area contributed by atoms with Gasteiger partial charge < -0.3 is 24.8 Å². The highest BCUT2D eigenvalue weighted by Gasteiger charge is 2.24. The van der Waals surface area contributed by atoms with Crippen molar-refractivity contribution < 1.29 is 23.8 Å². The van der Waals surface area contributed by atoms with Crippen LogP contribution in [0.2, 0.25) is 0 Å². The van der Waals surface area contributed by atoms with Gasteiger partial charge >= 0.3 is 5.97 Å². The third-order valence-electron chi connectivity index (χ3n) is 3.59. The van der Waals surface area contributed by atoms with Crippen LogP contribution in [-0.4, -0.2) is 36.2 Å². The number of hydrogen-bond donors (Lipinski definition) is 2. The van der Waals surface area contributed by atoms with Crippen molar-refractivity contribution in [3.8, 4) is 11.5 Å². The molecule has 132 valence electrons. The van der Waals surface area contributed by atoms with Crippen LogP contribution in [0, 0.1) is 6.92 Å². The van der Waals surface area contributed by atoms with E-state index in [1.54, 1.807) is 32.2 Å². The minimum absolute atomic E-state index is 0.155. The number of fused-ring (bicyclic) bond motifs is 1. The smallest absolute Gasteiger partial charge is 0.343 e. The summed E-state index contributed by atoms with van der Waals surface area (Å²) in [6.45, 7) is 3.38. The van der Waals surface area contributed by atoms with Gasteiger partial charge in [-0.1, -0.05) is 0 Å². The van der Waals surface area contributed by atoms with E-state index in [9.17, 15) is 9.59 Å². The molecule has 2 aromatic rings. The zero-order valence-electron chi connectivity index (χ0n) is 13.9. The van der Waals surface area contributed by atoms with E-state index in [0.29, 0.717) is 33.4 Å². The molecular formula is C16H17N3O5S. The molecule has 3 rings (SSSR count). The predicted molar refractivity (Wildman–Crippen MR) is 92.5 cm³/mol. The summed E-state index contributed by atoms with van der Waals surface area (Å²) in [6, 6.07) is 5.04. The second kappa shape index (κ2) is 6.98. The average molecular weight is 363 g/mol. The Morgan fingerprint density at radius 3 is 2.84 bits per heavy atom. The van der Waals surface area contributed by atoms with Crippen molar-refractivity contribution in [2.45, 2.75) is 20.0 Å². The monoisotopic (exact) mass is 363 g/mol. The van der Waals surface area contributed by atoms with Gasteiger partial charge in [-0.2, -0.15) is 4.37 Å². The Bertz CT molecular complexity index is 820. The molecule has 2 heterocycles. The first-order valence-electron chi connectivity index (χ1n) is 7.55. The number of hydrogen-bond acceptors (Lipinski definition) is 8. The van der Waals surface area contributed by atoms with Gasteiger partial charge in [-0.05, 0) is 37.5 Å². The summed E-state index contributed by atoms with van der Waals surface area (Å²) in [5, 5.41) is 6.18. The molecule has 0 spiro atoms. The van der Waals surface area contributed by atoms with Crippen LogP contribution in [0.25, 0.3) is 0 Å². The van der Waals surface area contributed by atoms with Crippen molar-refractivity contribution in [1.29, 1.82) is 0 Å². The van der Waals surface area contributed by atoms with Gasteiger partial charge in [0.05, 0.1) is 5.69 Å². The molecule has 1 unspecified atom stereocenters. The van der Waals surface area contributed by atoms with E-state index in [4.69, 9.17) is 14.2 Å². The summed E-state index contributed by atoms with van der Waals surface area (Å²) in [7, 11) is 1.69. The Balaban J connectivity index is 1.64. The van der Waals surface area contributed by atoms with E-state index < -0.39 is 18.0 Å². The van der Waals surface area contributed by atoms with Gasteiger partial charge in [0.25, 0.3) is 5.91 Å². The molecule has 9 heteroatoms. The number of amides is 1. The van der Waals surface area contributed by atoms with Gasteiger partial charge in [0, 0.05) is 18.8 Å². The van der Waals surface area contributed by atoms with Crippen LogP contribution in [-0.2, 0) is 9.53 Å². The molecule has 1 aromatic heterocycles. The highest BCUT2D eigenvalue weighted by atomic mass is 32.1. The number of anilines is 2. The summed E-state index contributed by atoms with van der Waals surface area (Å²) in [4.78, 5) is 24.6. The zero-order chi connectivity index (χ0) is 18.0. The topological polar surface area (TPSA) is 98.8 Å². The number of rotatable bonds is 5. The lowest BCUT2D eigenvalue weighted by molar-refractivity contribution is -0.123.